The number of pyridine rings is 1. The number of para-hydroxylation sites is 1. The molecule has 6 nitrogen and oxygen atoms in total. The zero-order valence-corrected chi connectivity index (χ0v) is 24.1. The Morgan fingerprint density at radius 3 is 2.27 bits per heavy atom. The van der Waals surface area contributed by atoms with Crippen LogP contribution in [0.25, 0.3) is 22.2 Å². The molecule has 0 bridgehead atoms. The van der Waals surface area contributed by atoms with E-state index in [4.69, 9.17) is 4.98 Å². The molecule has 2 N–H and O–H groups in total. The van der Waals surface area contributed by atoms with Gasteiger partial charge in [-0.15, -0.1) is 0 Å². The number of carbonyl (C=O) groups is 1. The molecule has 4 aromatic rings. The van der Waals surface area contributed by atoms with Crippen LogP contribution in [-0.2, 0) is 6.54 Å². The van der Waals surface area contributed by atoms with Crippen molar-refractivity contribution in [3.05, 3.63) is 102 Å². The van der Waals surface area contributed by atoms with Crippen LogP contribution in [0.5, 0.6) is 0 Å². The molecule has 0 saturated carbocycles. The van der Waals surface area contributed by atoms with E-state index in [0.29, 0.717) is 12.6 Å². The molecule has 3 aromatic carbocycles. The average Bonchev–Trinajstić information content (AvgIpc) is 3.04. The summed E-state index contributed by atoms with van der Waals surface area (Å²) in [4.78, 5) is 24.7. The molecule has 1 aromatic heterocycles. The van der Waals surface area contributed by atoms with Crippen LogP contribution in [0.2, 0.25) is 0 Å². The van der Waals surface area contributed by atoms with Gasteiger partial charge in [0, 0.05) is 55.3 Å². The molecule has 212 valence electrons. The van der Waals surface area contributed by atoms with Crippen LogP contribution < -0.4 is 10.6 Å². The van der Waals surface area contributed by atoms with Gasteiger partial charge in [0.05, 0.1) is 22.8 Å². The largest absolute Gasteiger partial charge is 0.345 e. The topological polar surface area (TPSA) is 60.5 Å². The zero-order valence-electron chi connectivity index (χ0n) is 24.1. The number of hydrogen-bond donors (Lipinski definition) is 2. The molecule has 41 heavy (non-hydrogen) atoms. The van der Waals surface area contributed by atoms with Gasteiger partial charge in [-0.1, -0.05) is 85.8 Å². The highest BCUT2D eigenvalue weighted by Crippen LogP contribution is 2.33. The second-order valence-electron chi connectivity index (χ2n) is 11.3. The van der Waals surface area contributed by atoms with Crippen LogP contribution in [-0.4, -0.2) is 66.0 Å². The number of benzene rings is 3. The van der Waals surface area contributed by atoms with Crippen LogP contribution in [0, 0.1) is 0 Å². The summed E-state index contributed by atoms with van der Waals surface area (Å²) in [7, 11) is 0. The third kappa shape index (κ3) is 6.20. The average molecular weight is 548 g/mol. The van der Waals surface area contributed by atoms with Crippen molar-refractivity contribution in [2.75, 3.05) is 39.3 Å². The number of piperidine rings is 1. The van der Waals surface area contributed by atoms with Crippen molar-refractivity contribution in [2.45, 2.75) is 44.8 Å². The molecule has 2 aliphatic rings. The standard InChI is InChI=1S/C35H41N5O/c1-2-31(26-11-5-3-6-12-26)38-35(41)33-29-15-9-10-16-32(29)37-34(27-13-7-4-8-14-27)30(33)25-39-21-17-28(18-22-39)40-23-19-36-20-24-40/h3-16,28,31,36H,2,17-25H2,1H3,(H,38,41)/t31-/m0/s1. The van der Waals surface area contributed by atoms with Gasteiger partial charge in [-0.05, 0) is 44.0 Å². The number of likely N-dealkylation sites (tertiary alicyclic amines) is 1. The molecule has 0 radical (unpaired) electrons. The number of hydrogen-bond acceptors (Lipinski definition) is 5. The quantitative estimate of drug-likeness (QED) is 0.298. The van der Waals surface area contributed by atoms with Crippen LogP contribution in [0.1, 0.15) is 53.7 Å². The normalized spacial score (nSPS) is 17.9. The molecule has 2 saturated heterocycles. The first-order valence-electron chi connectivity index (χ1n) is 15.2. The van der Waals surface area contributed by atoms with Gasteiger partial charge < -0.3 is 10.6 Å². The predicted octanol–water partition coefficient (Wildman–Crippen LogP) is 5.65. The minimum atomic E-state index is -0.0570. The van der Waals surface area contributed by atoms with Gasteiger partial charge in [-0.2, -0.15) is 0 Å². The third-order valence-electron chi connectivity index (χ3n) is 8.79. The Kier molecular flexibility index (Phi) is 8.71. The Hall–Kier alpha value is -3.58. The van der Waals surface area contributed by atoms with Gasteiger partial charge in [0.1, 0.15) is 0 Å². The lowest BCUT2D eigenvalue weighted by Crippen LogP contribution is -2.51. The highest BCUT2D eigenvalue weighted by Gasteiger charge is 2.29. The second kappa shape index (κ2) is 12.9. The fraction of sp³-hybridized carbons (Fsp3) is 0.371. The van der Waals surface area contributed by atoms with Gasteiger partial charge in [-0.3, -0.25) is 14.6 Å². The fourth-order valence-electron chi connectivity index (χ4n) is 6.55. The van der Waals surface area contributed by atoms with E-state index in [0.717, 1.165) is 97.4 Å². The molecule has 2 aliphatic heterocycles. The fourth-order valence-corrected chi connectivity index (χ4v) is 6.55. The lowest BCUT2D eigenvalue weighted by Gasteiger charge is -2.40. The summed E-state index contributed by atoms with van der Waals surface area (Å²) in [6.45, 7) is 9.34. The summed E-state index contributed by atoms with van der Waals surface area (Å²) < 4.78 is 0. The number of fused-ring (bicyclic) bond motifs is 1. The molecule has 2 fully saturated rings. The summed E-state index contributed by atoms with van der Waals surface area (Å²) in [6, 6.07) is 29.3. The molecule has 6 rings (SSSR count). The van der Waals surface area contributed by atoms with E-state index in [1.165, 1.54) is 0 Å². The van der Waals surface area contributed by atoms with E-state index in [9.17, 15) is 4.79 Å². The summed E-state index contributed by atoms with van der Waals surface area (Å²) in [6.07, 6.45) is 3.14. The molecule has 3 heterocycles. The maximum Gasteiger partial charge on any atom is 0.252 e. The van der Waals surface area contributed by atoms with Gasteiger partial charge >= 0.3 is 0 Å². The highest BCUT2D eigenvalue weighted by atomic mass is 16.1. The zero-order chi connectivity index (χ0) is 28.0. The number of carbonyl (C=O) groups excluding carboxylic acids is 1. The number of aromatic nitrogens is 1. The second-order valence-corrected chi connectivity index (χ2v) is 11.3. The first-order chi connectivity index (χ1) is 20.2. The van der Waals surface area contributed by atoms with E-state index in [2.05, 4.69) is 69.8 Å². The molecule has 0 unspecified atom stereocenters. The van der Waals surface area contributed by atoms with Crippen LogP contribution in [0.15, 0.2) is 84.9 Å². The molecule has 0 aliphatic carbocycles. The third-order valence-corrected chi connectivity index (χ3v) is 8.79. The smallest absolute Gasteiger partial charge is 0.252 e. The maximum atomic E-state index is 14.3. The number of nitrogens with zero attached hydrogens (tertiary/aromatic N) is 3. The van der Waals surface area contributed by atoms with Crippen molar-refractivity contribution in [2.24, 2.45) is 0 Å². The van der Waals surface area contributed by atoms with E-state index in [1.54, 1.807) is 0 Å². The van der Waals surface area contributed by atoms with Crippen molar-refractivity contribution in [3.63, 3.8) is 0 Å². The predicted molar refractivity (Wildman–Crippen MR) is 167 cm³/mol. The lowest BCUT2D eigenvalue weighted by molar-refractivity contribution is 0.0913. The Labute approximate surface area is 243 Å². The SMILES string of the molecule is CC[C@H](NC(=O)c1c(CN2CCC(N3CCNCC3)CC2)c(-c2ccccc2)nc2ccccc12)c1ccccc1. The minimum absolute atomic E-state index is 0.0258. The first-order valence-corrected chi connectivity index (χ1v) is 15.2. The van der Waals surface area contributed by atoms with Crippen molar-refractivity contribution in [1.29, 1.82) is 0 Å². The van der Waals surface area contributed by atoms with Crippen molar-refractivity contribution < 1.29 is 4.79 Å². The van der Waals surface area contributed by atoms with Crippen molar-refractivity contribution in [3.8, 4) is 11.3 Å². The highest BCUT2D eigenvalue weighted by molar-refractivity contribution is 6.09. The lowest BCUT2D eigenvalue weighted by atomic mass is 9.94. The number of piperazine rings is 1. The molecule has 1 atom stereocenters. The van der Waals surface area contributed by atoms with Gasteiger partial charge in [0.25, 0.3) is 5.91 Å². The molecule has 1 amide bonds. The first kappa shape index (κ1) is 27.6. The van der Waals surface area contributed by atoms with Crippen LogP contribution in [0.4, 0.5) is 0 Å². The van der Waals surface area contributed by atoms with E-state index >= 15 is 0 Å². The molecular weight excluding hydrogens is 506 g/mol. The van der Waals surface area contributed by atoms with E-state index < -0.39 is 0 Å². The Morgan fingerprint density at radius 2 is 1.56 bits per heavy atom. The van der Waals surface area contributed by atoms with Crippen LogP contribution >= 0.6 is 0 Å². The summed E-state index contributed by atoms with van der Waals surface area (Å²) in [5, 5.41) is 7.79. The van der Waals surface area contributed by atoms with Gasteiger partial charge in [0.15, 0.2) is 0 Å². The molecular formula is C35H41N5O. The summed E-state index contributed by atoms with van der Waals surface area (Å²) in [5.41, 5.74) is 5.72. The monoisotopic (exact) mass is 547 g/mol. The van der Waals surface area contributed by atoms with E-state index in [1.807, 2.05) is 42.5 Å². The summed E-state index contributed by atoms with van der Waals surface area (Å²) in [5.74, 6) is -0.0258. The number of nitrogens with one attached hydrogen (secondary N) is 2. The number of rotatable bonds is 8. The van der Waals surface area contributed by atoms with Gasteiger partial charge in [0.2, 0.25) is 0 Å². The van der Waals surface area contributed by atoms with Gasteiger partial charge in [-0.25, -0.2) is 4.98 Å². The van der Waals surface area contributed by atoms with E-state index in [-0.39, 0.29) is 11.9 Å². The minimum Gasteiger partial charge on any atom is -0.345 e. The molecule has 6 heteroatoms. The van der Waals surface area contributed by atoms with Crippen molar-refractivity contribution in [1.82, 2.24) is 25.4 Å². The van der Waals surface area contributed by atoms with Crippen molar-refractivity contribution >= 4 is 16.8 Å². The number of amides is 1. The Balaban J connectivity index is 1.37. The Bertz CT molecular complexity index is 1440. The molecule has 0 spiro atoms. The van der Waals surface area contributed by atoms with Crippen LogP contribution in [0.3, 0.4) is 0 Å². The summed E-state index contributed by atoms with van der Waals surface area (Å²) >= 11 is 0. The Morgan fingerprint density at radius 1 is 0.902 bits per heavy atom. The maximum absolute atomic E-state index is 14.3.